The molecule has 0 spiro atoms. The van der Waals surface area contributed by atoms with Crippen molar-refractivity contribution < 1.29 is 4.90 Å². The number of pyridine rings is 1. The second-order valence-electron chi connectivity index (χ2n) is 6.67. The molecule has 3 rings (SSSR count). The molecule has 0 saturated heterocycles. The molecule has 3 aromatic rings. The SMILES string of the molecule is CC[NH+](CC)CCCNc1ncnc2c1c(C)c(C)n2-c1cccnc1. The van der Waals surface area contributed by atoms with Gasteiger partial charge in [0.15, 0.2) is 5.65 Å². The molecule has 0 aliphatic carbocycles. The molecule has 6 heteroatoms. The number of anilines is 1. The molecule has 6 nitrogen and oxygen atoms in total. The quantitative estimate of drug-likeness (QED) is 0.609. The van der Waals surface area contributed by atoms with Crippen molar-refractivity contribution in [1.82, 2.24) is 19.5 Å². The molecule has 0 aliphatic rings. The molecule has 2 N–H and O–H groups in total. The summed E-state index contributed by atoms with van der Waals surface area (Å²) >= 11 is 0. The van der Waals surface area contributed by atoms with Crippen molar-refractivity contribution in [3.8, 4) is 5.69 Å². The largest absolute Gasteiger partial charge is 0.369 e. The average Bonchev–Trinajstić information content (AvgIpc) is 2.94. The highest BCUT2D eigenvalue weighted by molar-refractivity contribution is 5.93. The second kappa shape index (κ2) is 8.27. The van der Waals surface area contributed by atoms with Crippen molar-refractivity contribution in [2.45, 2.75) is 34.1 Å². The third kappa shape index (κ3) is 3.55. The molecular formula is C20H29N6+. The van der Waals surface area contributed by atoms with Gasteiger partial charge in [-0.2, -0.15) is 0 Å². The standard InChI is InChI=1S/C20H28N6/c1-5-25(6-2)12-8-11-22-19-18-15(3)16(4)26(20(18)24-14-23-19)17-9-7-10-21-13-17/h7,9-10,13-14H,5-6,8,11-12H2,1-4H3,(H,22,23,24)/p+1. The van der Waals surface area contributed by atoms with Crippen LogP contribution in [0.4, 0.5) is 5.82 Å². The van der Waals surface area contributed by atoms with Crippen molar-refractivity contribution >= 4 is 16.9 Å². The molecule has 3 aromatic heterocycles. The molecule has 3 heterocycles. The summed E-state index contributed by atoms with van der Waals surface area (Å²) in [6.45, 7) is 13.2. The summed E-state index contributed by atoms with van der Waals surface area (Å²) in [7, 11) is 0. The maximum Gasteiger partial charge on any atom is 0.150 e. The first-order chi connectivity index (χ1) is 12.7. The van der Waals surface area contributed by atoms with Gasteiger partial charge in [0.2, 0.25) is 0 Å². The lowest BCUT2D eigenvalue weighted by Gasteiger charge is -2.15. The van der Waals surface area contributed by atoms with E-state index < -0.39 is 0 Å². The summed E-state index contributed by atoms with van der Waals surface area (Å²) in [6.07, 6.45) is 6.43. The van der Waals surface area contributed by atoms with Crippen LogP contribution in [0.3, 0.4) is 0 Å². The van der Waals surface area contributed by atoms with E-state index >= 15 is 0 Å². The highest BCUT2D eigenvalue weighted by Crippen LogP contribution is 2.30. The van der Waals surface area contributed by atoms with E-state index in [1.54, 1.807) is 17.4 Å². The summed E-state index contributed by atoms with van der Waals surface area (Å²) < 4.78 is 2.16. The molecule has 138 valence electrons. The Bertz CT molecular complexity index is 852. The zero-order valence-corrected chi connectivity index (χ0v) is 16.2. The minimum absolute atomic E-state index is 0.923. The molecule has 0 fully saturated rings. The van der Waals surface area contributed by atoms with E-state index in [0.717, 1.165) is 35.5 Å². The van der Waals surface area contributed by atoms with E-state index in [4.69, 9.17) is 0 Å². The van der Waals surface area contributed by atoms with E-state index in [0.29, 0.717) is 0 Å². The number of hydrogen-bond donors (Lipinski definition) is 2. The lowest BCUT2D eigenvalue weighted by molar-refractivity contribution is -0.896. The Morgan fingerprint density at radius 3 is 2.65 bits per heavy atom. The van der Waals surface area contributed by atoms with Crippen molar-refractivity contribution in [2.75, 3.05) is 31.5 Å². The molecule has 0 bridgehead atoms. The van der Waals surface area contributed by atoms with Gasteiger partial charge < -0.3 is 10.2 Å². The van der Waals surface area contributed by atoms with Crippen LogP contribution in [0.1, 0.15) is 31.5 Å². The zero-order valence-electron chi connectivity index (χ0n) is 16.2. The Morgan fingerprint density at radius 1 is 1.15 bits per heavy atom. The van der Waals surface area contributed by atoms with E-state index in [1.165, 1.54) is 30.9 Å². The predicted octanol–water partition coefficient (Wildman–Crippen LogP) is 2.16. The summed E-state index contributed by atoms with van der Waals surface area (Å²) in [5, 5.41) is 4.63. The van der Waals surface area contributed by atoms with Gasteiger partial charge in [0.05, 0.1) is 36.9 Å². The van der Waals surface area contributed by atoms with Crippen LogP contribution < -0.4 is 10.2 Å². The number of hydrogen-bond acceptors (Lipinski definition) is 4. The van der Waals surface area contributed by atoms with E-state index in [9.17, 15) is 0 Å². The number of aryl methyl sites for hydroxylation is 1. The lowest BCUT2D eigenvalue weighted by atomic mass is 10.2. The molecule has 0 aromatic carbocycles. The van der Waals surface area contributed by atoms with E-state index in [-0.39, 0.29) is 0 Å². The number of aromatic nitrogens is 4. The molecule has 0 amide bonds. The Labute approximate surface area is 155 Å². The third-order valence-electron chi connectivity index (χ3n) is 5.20. The van der Waals surface area contributed by atoms with Crippen LogP contribution in [0.5, 0.6) is 0 Å². The Balaban J connectivity index is 1.87. The number of rotatable bonds is 8. The molecule has 26 heavy (non-hydrogen) atoms. The Hall–Kier alpha value is -2.47. The normalized spacial score (nSPS) is 11.4. The topological polar surface area (TPSA) is 60.1 Å². The van der Waals surface area contributed by atoms with E-state index in [2.05, 4.69) is 58.6 Å². The molecular weight excluding hydrogens is 324 g/mol. The molecule has 0 atom stereocenters. The first-order valence-corrected chi connectivity index (χ1v) is 9.47. The van der Waals surface area contributed by atoms with Crippen LogP contribution >= 0.6 is 0 Å². The monoisotopic (exact) mass is 353 g/mol. The summed E-state index contributed by atoms with van der Waals surface area (Å²) in [5.74, 6) is 0.924. The summed E-state index contributed by atoms with van der Waals surface area (Å²) in [6, 6.07) is 4.01. The Morgan fingerprint density at radius 2 is 1.96 bits per heavy atom. The van der Waals surface area contributed by atoms with Crippen molar-refractivity contribution in [1.29, 1.82) is 0 Å². The van der Waals surface area contributed by atoms with Crippen molar-refractivity contribution in [2.24, 2.45) is 0 Å². The number of nitrogens with zero attached hydrogens (tertiary/aromatic N) is 4. The van der Waals surface area contributed by atoms with Crippen LogP contribution in [0.25, 0.3) is 16.7 Å². The van der Waals surface area contributed by atoms with Crippen LogP contribution in [0.2, 0.25) is 0 Å². The van der Waals surface area contributed by atoms with Crippen LogP contribution in [-0.4, -0.2) is 45.7 Å². The molecule has 0 aliphatic heterocycles. The summed E-state index contributed by atoms with van der Waals surface area (Å²) in [4.78, 5) is 15.0. The van der Waals surface area contributed by atoms with Gasteiger partial charge in [0, 0.05) is 24.9 Å². The maximum absolute atomic E-state index is 4.56. The predicted molar refractivity (Wildman–Crippen MR) is 106 cm³/mol. The fraction of sp³-hybridized carbons (Fsp3) is 0.450. The van der Waals surface area contributed by atoms with Crippen LogP contribution in [-0.2, 0) is 0 Å². The second-order valence-corrected chi connectivity index (χ2v) is 6.67. The lowest BCUT2D eigenvalue weighted by Crippen LogP contribution is -3.11. The number of fused-ring (bicyclic) bond motifs is 1. The molecule has 0 radical (unpaired) electrons. The summed E-state index contributed by atoms with van der Waals surface area (Å²) in [5.41, 5.74) is 4.34. The molecule has 0 saturated carbocycles. The van der Waals surface area contributed by atoms with Gasteiger partial charge in [-0.25, -0.2) is 9.97 Å². The first kappa shape index (κ1) is 18.3. The van der Waals surface area contributed by atoms with Gasteiger partial charge in [0.1, 0.15) is 12.1 Å². The smallest absolute Gasteiger partial charge is 0.150 e. The number of quaternary nitrogens is 1. The fourth-order valence-corrected chi connectivity index (χ4v) is 3.48. The van der Waals surface area contributed by atoms with E-state index in [1.807, 2.05) is 12.3 Å². The highest BCUT2D eigenvalue weighted by Gasteiger charge is 2.17. The van der Waals surface area contributed by atoms with Gasteiger partial charge in [-0.3, -0.25) is 9.55 Å². The minimum atomic E-state index is 0.923. The van der Waals surface area contributed by atoms with Gasteiger partial charge >= 0.3 is 0 Å². The average molecular weight is 353 g/mol. The Kier molecular flexibility index (Phi) is 5.83. The van der Waals surface area contributed by atoms with Crippen LogP contribution in [0.15, 0.2) is 30.9 Å². The minimum Gasteiger partial charge on any atom is -0.369 e. The highest BCUT2D eigenvalue weighted by atomic mass is 15.1. The number of nitrogens with one attached hydrogen (secondary N) is 2. The fourth-order valence-electron chi connectivity index (χ4n) is 3.48. The van der Waals surface area contributed by atoms with Crippen molar-refractivity contribution in [3.05, 3.63) is 42.1 Å². The zero-order chi connectivity index (χ0) is 18.5. The van der Waals surface area contributed by atoms with Gasteiger partial charge in [-0.1, -0.05) is 0 Å². The third-order valence-corrected chi connectivity index (χ3v) is 5.20. The van der Waals surface area contributed by atoms with Crippen LogP contribution in [0, 0.1) is 13.8 Å². The maximum atomic E-state index is 4.56. The van der Waals surface area contributed by atoms with Gasteiger partial charge in [0.25, 0.3) is 0 Å². The van der Waals surface area contributed by atoms with Gasteiger partial charge in [-0.05, 0) is 45.4 Å². The van der Waals surface area contributed by atoms with Crippen molar-refractivity contribution in [3.63, 3.8) is 0 Å². The first-order valence-electron chi connectivity index (χ1n) is 9.47. The molecule has 0 unspecified atom stereocenters. The van der Waals surface area contributed by atoms with Gasteiger partial charge in [-0.15, -0.1) is 0 Å².